The molecule has 1 aromatic heterocycles. The van der Waals surface area contributed by atoms with Gasteiger partial charge in [0.1, 0.15) is 17.4 Å². The van der Waals surface area contributed by atoms with E-state index in [1.54, 1.807) is 12.1 Å². The summed E-state index contributed by atoms with van der Waals surface area (Å²) in [4.78, 5) is 52.8. The Morgan fingerprint density at radius 2 is 1.94 bits per heavy atom. The summed E-state index contributed by atoms with van der Waals surface area (Å²) in [7, 11) is 0. The topological polar surface area (TPSA) is 235 Å². The molecule has 3 rings (SSSR count). The fourth-order valence-electron chi connectivity index (χ4n) is 3.06. The minimum Gasteiger partial charge on any atom is -0.480 e. The van der Waals surface area contributed by atoms with Gasteiger partial charge in [0.25, 0.3) is 11.5 Å². The largest absolute Gasteiger partial charge is 0.480 e. The number of carbonyl (C=O) groups is 3. The summed E-state index contributed by atoms with van der Waals surface area (Å²) in [6.07, 6.45) is -0.646. The molecule has 1 aliphatic heterocycles. The molecule has 1 aromatic carbocycles. The van der Waals surface area contributed by atoms with Crippen LogP contribution < -0.4 is 32.6 Å². The first kappa shape index (κ1) is 23.1. The predicted molar refractivity (Wildman–Crippen MR) is 119 cm³/mol. The van der Waals surface area contributed by atoms with Crippen LogP contribution in [0.15, 0.2) is 29.1 Å². The van der Waals surface area contributed by atoms with Crippen molar-refractivity contribution in [1.29, 1.82) is 5.41 Å². The Labute approximate surface area is 186 Å². The predicted octanol–water partition coefficient (Wildman–Crippen LogP) is -0.652. The first-order chi connectivity index (χ1) is 15.6. The van der Waals surface area contributed by atoms with Crippen LogP contribution in [0, 0.1) is 5.41 Å². The highest BCUT2D eigenvalue weighted by Crippen LogP contribution is 2.20. The van der Waals surface area contributed by atoms with Crippen molar-refractivity contribution < 1.29 is 24.6 Å². The normalized spacial score (nSPS) is 15.2. The van der Waals surface area contributed by atoms with Crippen LogP contribution in [0.25, 0.3) is 0 Å². The average molecular weight is 458 g/mol. The van der Waals surface area contributed by atoms with Crippen LogP contribution in [0.3, 0.4) is 0 Å². The number of H-pyrrole nitrogens is 1. The molecule has 0 aliphatic carbocycles. The third-order valence-electron chi connectivity index (χ3n) is 4.77. The molecule has 2 aromatic rings. The quantitative estimate of drug-likeness (QED) is 0.214. The van der Waals surface area contributed by atoms with Crippen molar-refractivity contribution in [1.82, 2.24) is 15.3 Å². The second kappa shape index (κ2) is 9.67. The Morgan fingerprint density at radius 1 is 1.24 bits per heavy atom. The Morgan fingerprint density at radius 3 is 2.58 bits per heavy atom. The van der Waals surface area contributed by atoms with Crippen LogP contribution in [-0.4, -0.2) is 68.9 Å². The molecule has 0 radical (unpaired) electrons. The van der Waals surface area contributed by atoms with Gasteiger partial charge in [-0.3, -0.25) is 20.0 Å². The van der Waals surface area contributed by atoms with Crippen LogP contribution in [0.5, 0.6) is 0 Å². The Balaban J connectivity index is 1.56. The lowest BCUT2D eigenvalue weighted by atomic mass is 10.1. The van der Waals surface area contributed by atoms with Gasteiger partial charge in [-0.25, -0.2) is 9.59 Å². The molecule has 0 fully saturated rings. The molecule has 14 nitrogen and oxygen atoms in total. The molecule has 0 unspecified atom stereocenters. The lowest BCUT2D eigenvalue weighted by molar-refractivity contribution is -0.139. The van der Waals surface area contributed by atoms with Crippen molar-refractivity contribution in [3.8, 4) is 0 Å². The Bertz CT molecular complexity index is 1150. The smallest absolute Gasteiger partial charge is 0.349 e. The van der Waals surface area contributed by atoms with Crippen molar-refractivity contribution in [3.05, 3.63) is 40.2 Å². The number of carbonyl (C=O) groups excluding carboxylic acids is 1. The highest BCUT2D eigenvalue weighted by molar-refractivity contribution is 6.34. The summed E-state index contributed by atoms with van der Waals surface area (Å²) < 4.78 is 0. The number of fused-ring (bicyclic) bond motifs is 1. The van der Waals surface area contributed by atoms with E-state index in [1.165, 1.54) is 12.1 Å². The van der Waals surface area contributed by atoms with E-state index in [4.69, 9.17) is 16.2 Å². The number of carboxylic acid groups (broad SMARTS) is 2. The van der Waals surface area contributed by atoms with E-state index in [0.29, 0.717) is 30.3 Å². The molecule has 2 heterocycles. The number of aromatic amines is 1. The number of hydrogen-bond acceptors (Lipinski definition) is 10. The van der Waals surface area contributed by atoms with Crippen LogP contribution in [0.1, 0.15) is 16.8 Å². The van der Waals surface area contributed by atoms with E-state index < -0.39 is 36.0 Å². The number of nitrogen functional groups attached to an aromatic ring is 1. The minimum atomic E-state index is -1.55. The minimum absolute atomic E-state index is 0.0172. The zero-order valence-electron chi connectivity index (χ0n) is 17.1. The summed E-state index contributed by atoms with van der Waals surface area (Å²) in [6.45, 7) is 0.915. The van der Waals surface area contributed by atoms with E-state index in [2.05, 4.69) is 31.2 Å². The molecule has 33 heavy (non-hydrogen) atoms. The first-order valence-electron chi connectivity index (χ1n) is 9.72. The molecule has 0 bridgehead atoms. The van der Waals surface area contributed by atoms with Crippen LogP contribution in [0.2, 0.25) is 0 Å². The van der Waals surface area contributed by atoms with E-state index in [-0.39, 0.29) is 23.1 Å². The zero-order valence-corrected chi connectivity index (χ0v) is 17.1. The number of aliphatic carboxylic acids is 2. The van der Waals surface area contributed by atoms with E-state index in [0.717, 1.165) is 0 Å². The number of nitrogens with two attached hydrogens (primary N) is 1. The van der Waals surface area contributed by atoms with Crippen molar-refractivity contribution in [2.45, 2.75) is 18.5 Å². The maximum atomic E-state index is 12.3. The van der Waals surface area contributed by atoms with Gasteiger partial charge in [-0.15, -0.1) is 0 Å². The van der Waals surface area contributed by atoms with Crippen molar-refractivity contribution >= 4 is 46.7 Å². The maximum Gasteiger partial charge on any atom is 0.349 e. The van der Waals surface area contributed by atoms with Crippen molar-refractivity contribution in [2.75, 3.05) is 34.8 Å². The summed E-state index contributed by atoms with van der Waals surface area (Å²) in [5.41, 5.74) is 5.44. The number of anilines is 4. The molecule has 0 spiro atoms. The van der Waals surface area contributed by atoms with E-state index in [1.807, 2.05) is 0 Å². The summed E-state index contributed by atoms with van der Waals surface area (Å²) in [6, 6.07) is 4.48. The summed E-state index contributed by atoms with van der Waals surface area (Å²) in [5.74, 6) is -3.32. The monoisotopic (exact) mass is 458 g/mol. The molecule has 14 heteroatoms. The number of amides is 1. The number of carboxylic acids is 2. The van der Waals surface area contributed by atoms with Crippen LogP contribution in [-0.2, 0) is 9.59 Å². The van der Waals surface area contributed by atoms with Gasteiger partial charge < -0.3 is 37.2 Å². The summed E-state index contributed by atoms with van der Waals surface area (Å²) >= 11 is 0. The lowest BCUT2D eigenvalue weighted by Crippen LogP contribution is -2.43. The van der Waals surface area contributed by atoms with Crippen LogP contribution >= 0.6 is 0 Å². The van der Waals surface area contributed by atoms with Crippen molar-refractivity contribution in [2.24, 2.45) is 0 Å². The molecule has 0 saturated heterocycles. The molecular weight excluding hydrogens is 436 g/mol. The number of nitrogens with one attached hydrogen (secondary N) is 6. The zero-order chi connectivity index (χ0) is 24.1. The number of hydrogen-bond donors (Lipinski definition) is 9. The number of nitrogens with zero attached hydrogens (tertiary/aromatic N) is 1. The highest BCUT2D eigenvalue weighted by Gasteiger charge is 2.25. The van der Waals surface area contributed by atoms with E-state index in [9.17, 15) is 24.3 Å². The fourth-order valence-corrected chi connectivity index (χ4v) is 3.06. The Hall–Kier alpha value is -4.62. The van der Waals surface area contributed by atoms with Gasteiger partial charge in [0.15, 0.2) is 5.82 Å². The molecule has 1 amide bonds. The molecule has 0 saturated carbocycles. The third kappa shape index (κ3) is 5.75. The molecule has 174 valence electrons. The SMILES string of the molecule is N=C(C[C@H](NC(=O)c1ccc(NC[C@@H]2CNc3nc(N)[nH]c(=O)c3N2)cc1)C(=O)O)C(=O)O. The molecule has 10 N–H and O–H groups in total. The van der Waals surface area contributed by atoms with Gasteiger partial charge in [0, 0.05) is 30.8 Å². The Kier molecular flexibility index (Phi) is 6.76. The molecule has 1 aliphatic rings. The van der Waals surface area contributed by atoms with Crippen molar-refractivity contribution in [3.63, 3.8) is 0 Å². The van der Waals surface area contributed by atoms with Gasteiger partial charge in [-0.1, -0.05) is 0 Å². The fraction of sp³-hybridized carbons (Fsp3) is 0.263. The van der Waals surface area contributed by atoms with Gasteiger partial charge in [-0.2, -0.15) is 4.98 Å². The second-order valence-corrected chi connectivity index (χ2v) is 7.21. The van der Waals surface area contributed by atoms with Gasteiger partial charge in [-0.05, 0) is 24.3 Å². The van der Waals surface area contributed by atoms with Gasteiger partial charge >= 0.3 is 11.9 Å². The third-order valence-corrected chi connectivity index (χ3v) is 4.77. The molecule has 2 atom stereocenters. The van der Waals surface area contributed by atoms with Crippen LogP contribution in [0.4, 0.5) is 23.1 Å². The highest BCUT2D eigenvalue weighted by atomic mass is 16.4. The average Bonchev–Trinajstić information content (AvgIpc) is 2.77. The summed E-state index contributed by atoms with van der Waals surface area (Å²) in [5, 5.41) is 36.7. The van der Waals surface area contributed by atoms with E-state index >= 15 is 0 Å². The number of aromatic nitrogens is 2. The maximum absolute atomic E-state index is 12.3. The molecular formula is C19H22N8O6. The second-order valence-electron chi connectivity index (χ2n) is 7.21. The standard InChI is InChI=1S/C19H22N8O6/c20-11(17(30)31)5-12(18(32)33)25-15(28)8-1-3-9(4-2-8)22-6-10-7-23-14-13(24-10)16(29)27-19(21)26-14/h1-4,10,12,20,22,24H,5-7H2,(H,25,28)(H,30,31)(H,32,33)(H4,21,23,26,27,29)/t10-,12+/m1/s1. The first-order valence-corrected chi connectivity index (χ1v) is 9.72. The van der Waals surface area contributed by atoms with Gasteiger partial charge in [0.05, 0.1) is 6.04 Å². The lowest BCUT2D eigenvalue weighted by Gasteiger charge is -2.27. The number of rotatable bonds is 9. The number of benzene rings is 1. The van der Waals surface area contributed by atoms with Gasteiger partial charge in [0.2, 0.25) is 5.95 Å².